The van der Waals surface area contributed by atoms with Crippen molar-refractivity contribution in [2.45, 2.75) is 6.54 Å². The van der Waals surface area contributed by atoms with Gasteiger partial charge in [-0.2, -0.15) is 0 Å². The maximum atomic E-state index is 11.6. The first-order chi connectivity index (χ1) is 12.7. The molecule has 1 heterocycles. The molecule has 0 saturated heterocycles. The third-order valence-electron chi connectivity index (χ3n) is 3.66. The van der Waals surface area contributed by atoms with E-state index in [1.807, 2.05) is 42.5 Å². The highest BCUT2D eigenvalue weighted by Crippen LogP contribution is 2.31. The van der Waals surface area contributed by atoms with Crippen molar-refractivity contribution < 1.29 is 9.66 Å². The number of aromatic nitrogens is 2. The molecule has 0 aliphatic rings. The summed E-state index contributed by atoms with van der Waals surface area (Å²) in [6, 6.07) is 16.5. The second kappa shape index (κ2) is 7.93. The molecule has 1 aromatic heterocycles. The normalized spacial score (nSPS) is 10.2. The SMILES string of the molecule is COc1ccc(CNc2ncnc(Nc3ccccc3)c2[N+](=O)[O-])cc1. The number of methoxy groups -OCH3 is 1. The van der Waals surface area contributed by atoms with Crippen molar-refractivity contribution >= 4 is 23.0 Å². The van der Waals surface area contributed by atoms with Crippen LogP contribution in [0.1, 0.15) is 5.56 Å². The molecule has 0 spiro atoms. The first kappa shape index (κ1) is 17.2. The molecule has 8 heteroatoms. The van der Waals surface area contributed by atoms with Crippen LogP contribution >= 0.6 is 0 Å². The molecule has 0 amide bonds. The summed E-state index contributed by atoms with van der Waals surface area (Å²) in [6.45, 7) is 0.382. The van der Waals surface area contributed by atoms with E-state index in [1.165, 1.54) is 6.33 Å². The maximum Gasteiger partial charge on any atom is 0.353 e. The van der Waals surface area contributed by atoms with Gasteiger partial charge in [-0.3, -0.25) is 10.1 Å². The summed E-state index contributed by atoms with van der Waals surface area (Å²) in [6.07, 6.45) is 1.29. The second-order valence-electron chi connectivity index (χ2n) is 5.37. The van der Waals surface area contributed by atoms with Gasteiger partial charge in [0.2, 0.25) is 11.6 Å². The van der Waals surface area contributed by atoms with Crippen molar-refractivity contribution in [2.75, 3.05) is 17.7 Å². The van der Waals surface area contributed by atoms with Gasteiger partial charge in [-0.25, -0.2) is 9.97 Å². The quantitative estimate of drug-likeness (QED) is 0.493. The van der Waals surface area contributed by atoms with Crippen LogP contribution in [0.2, 0.25) is 0 Å². The molecule has 26 heavy (non-hydrogen) atoms. The van der Waals surface area contributed by atoms with Gasteiger partial charge >= 0.3 is 5.69 Å². The van der Waals surface area contributed by atoms with E-state index in [-0.39, 0.29) is 17.3 Å². The van der Waals surface area contributed by atoms with Crippen LogP contribution in [0.3, 0.4) is 0 Å². The van der Waals surface area contributed by atoms with E-state index in [2.05, 4.69) is 20.6 Å². The summed E-state index contributed by atoms with van der Waals surface area (Å²) in [7, 11) is 1.60. The molecular weight excluding hydrogens is 334 g/mol. The first-order valence-electron chi connectivity index (χ1n) is 7.85. The molecule has 0 radical (unpaired) electrons. The Balaban J connectivity index is 1.82. The van der Waals surface area contributed by atoms with Crippen LogP contribution in [0.5, 0.6) is 5.75 Å². The van der Waals surface area contributed by atoms with Crippen LogP contribution in [0.4, 0.5) is 23.0 Å². The van der Waals surface area contributed by atoms with Gasteiger partial charge in [-0.15, -0.1) is 0 Å². The molecule has 0 unspecified atom stereocenters. The summed E-state index contributed by atoms with van der Waals surface area (Å²) < 4.78 is 5.12. The lowest BCUT2D eigenvalue weighted by atomic mass is 10.2. The molecule has 3 rings (SSSR count). The molecule has 0 saturated carbocycles. The lowest BCUT2D eigenvalue weighted by Crippen LogP contribution is -2.08. The van der Waals surface area contributed by atoms with E-state index in [0.29, 0.717) is 12.2 Å². The Bertz CT molecular complexity index is 885. The van der Waals surface area contributed by atoms with Crippen molar-refractivity contribution in [3.05, 3.63) is 76.6 Å². The zero-order chi connectivity index (χ0) is 18.4. The molecule has 2 aromatic carbocycles. The Morgan fingerprint density at radius 1 is 1.04 bits per heavy atom. The third kappa shape index (κ3) is 4.04. The minimum Gasteiger partial charge on any atom is -0.497 e. The average Bonchev–Trinajstić information content (AvgIpc) is 2.67. The van der Waals surface area contributed by atoms with E-state index in [9.17, 15) is 10.1 Å². The minimum atomic E-state index is -0.498. The number of anilines is 3. The largest absolute Gasteiger partial charge is 0.497 e. The Labute approximate surface area is 150 Å². The van der Waals surface area contributed by atoms with Gasteiger partial charge in [0.15, 0.2) is 0 Å². The monoisotopic (exact) mass is 351 g/mol. The van der Waals surface area contributed by atoms with Gasteiger partial charge in [-0.05, 0) is 29.8 Å². The Kier molecular flexibility index (Phi) is 5.23. The summed E-state index contributed by atoms with van der Waals surface area (Å²) in [5.41, 5.74) is 1.44. The highest BCUT2D eigenvalue weighted by atomic mass is 16.6. The number of nitrogens with one attached hydrogen (secondary N) is 2. The van der Waals surface area contributed by atoms with Crippen LogP contribution in [-0.2, 0) is 6.54 Å². The first-order valence-corrected chi connectivity index (χ1v) is 7.85. The fourth-order valence-electron chi connectivity index (χ4n) is 2.36. The van der Waals surface area contributed by atoms with Gasteiger partial charge in [0, 0.05) is 12.2 Å². The van der Waals surface area contributed by atoms with Gasteiger partial charge in [0.05, 0.1) is 12.0 Å². The summed E-state index contributed by atoms with van der Waals surface area (Å²) in [5, 5.41) is 17.5. The number of benzene rings is 2. The average molecular weight is 351 g/mol. The third-order valence-corrected chi connectivity index (χ3v) is 3.66. The molecule has 0 fully saturated rings. The number of rotatable bonds is 7. The summed E-state index contributed by atoms with van der Waals surface area (Å²) in [4.78, 5) is 19.1. The number of nitro groups is 1. The summed E-state index contributed by atoms with van der Waals surface area (Å²) >= 11 is 0. The fraction of sp³-hybridized carbons (Fsp3) is 0.111. The zero-order valence-corrected chi connectivity index (χ0v) is 14.0. The zero-order valence-electron chi connectivity index (χ0n) is 14.0. The van der Waals surface area contributed by atoms with Gasteiger partial charge < -0.3 is 15.4 Å². The number of ether oxygens (including phenoxy) is 1. The smallest absolute Gasteiger partial charge is 0.353 e. The maximum absolute atomic E-state index is 11.6. The summed E-state index contributed by atoms with van der Waals surface area (Å²) in [5.74, 6) is 1.03. The van der Waals surface area contributed by atoms with Crippen LogP contribution in [-0.4, -0.2) is 22.0 Å². The number of hydrogen-bond acceptors (Lipinski definition) is 7. The topological polar surface area (TPSA) is 102 Å². The molecule has 3 aromatic rings. The minimum absolute atomic E-state index is 0.133. The number of nitrogens with zero attached hydrogens (tertiary/aromatic N) is 3. The van der Waals surface area contributed by atoms with Crippen molar-refractivity contribution in [3.63, 3.8) is 0 Å². The van der Waals surface area contributed by atoms with Crippen molar-refractivity contribution in [3.8, 4) is 5.75 Å². The molecule has 0 aliphatic carbocycles. The van der Waals surface area contributed by atoms with E-state index in [4.69, 9.17) is 4.74 Å². The predicted molar refractivity (Wildman–Crippen MR) is 98.7 cm³/mol. The lowest BCUT2D eigenvalue weighted by molar-refractivity contribution is -0.383. The number of para-hydroxylation sites is 1. The lowest BCUT2D eigenvalue weighted by Gasteiger charge is -2.10. The van der Waals surface area contributed by atoms with E-state index in [1.54, 1.807) is 19.2 Å². The van der Waals surface area contributed by atoms with E-state index < -0.39 is 4.92 Å². The van der Waals surface area contributed by atoms with Gasteiger partial charge in [0.25, 0.3) is 0 Å². The molecule has 2 N–H and O–H groups in total. The molecule has 8 nitrogen and oxygen atoms in total. The van der Waals surface area contributed by atoms with Crippen molar-refractivity contribution in [2.24, 2.45) is 0 Å². The molecule has 0 bridgehead atoms. The van der Waals surface area contributed by atoms with Gasteiger partial charge in [-0.1, -0.05) is 30.3 Å². The second-order valence-corrected chi connectivity index (χ2v) is 5.37. The van der Waals surface area contributed by atoms with Crippen molar-refractivity contribution in [1.82, 2.24) is 9.97 Å². The Hall–Kier alpha value is -3.68. The molecule has 0 atom stereocenters. The molecule has 132 valence electrons. The van der Waals surface area contributed by atoms with Gasteiger partial charge in [0.1, 0.15) is 12.1 Å². The van der Waals surface area contributed by atoms with Crippen LogP contribution in [0, 0.1) is 10.1 Å². The van der Waals surface area contributed by atoms with Crippen molar-refractivity contribution in [1.29, 1.82) is 0 Å². The number of hydrogen-bond donors (Lipinski definition) is 2. The highest BCUT2D eigenvalue weighted by Gasteiger charge is 2.23. The van der Waals surface area contributed by atoms with Crippen LogP contribution < -0.4 is 15.4 Å². The fourth-order valence-corrected chi connectivity index (χ4v) is 2.36. The highest BCUT2D eigenvalue weighted by molar-refractivity contribution is 5.73. The predicted octanol–water partition coefficient (Wildman–Crippen LogP) is 3.75. The van der Waals surface area contributed by atoms with E-state index in [0.717, 1.165) is 11.3 Å². The Morgan fingerprint density at radius 2 is 1.73 bits per heavy atom. The van der Waals surface area contributed by atoms with Crippen LogP contribution in [0.15, 0.2) is 60.9 Å². The Morgan fingerprint density at radius 3 is 2.38 bits per heavy atom. The van der Waals surface area contributed by atoms with E-state index >= 15 is 0 Å². The van der Waals surface area contributed by atoms with Crippen LogP contribution in [0.25, 0.3) is 0 Å². The molecular formula is C18H17N5O3. The molecule has 0 aliphatic heterocycles. The standard InChI is InChI=1S/C18H17N5O3/c1-26-15-9-7-13(8-10-15)11-19-17-16(23(24)25)18(21-12-20-17)22-14-5-3-2-4-6-14/h2-10,12H,11H2,1H3,(H2,19,20,21,22).